The van der Waals surface area contributed by atoms with Gasteiger partial charge in [-0.3, -0.25) is 9.78 Å². The van der Waals surface area contributed by atoms with Crippen molar-refractivity contribution in [2.24, 2.45) is 0 Å². The van der Waals surface area contributed by atoms with Crippen molar-refractivity contribution < 1.29 is 9.53 Å². The first-order valence-corrected chi connectivity index (χ1v) is 5.45. The van der Waals surface area contributed by atoms with Crippen LogP contribution in [0.3, 0.4) is 0 Å². The van der Waals surface area contributed by atoms with E-state index in [0.29, 0.717) is 11.3 Å². The number of nitrogens with zero attached hydrogens (tertiary/aromatic N) is 1. The zero-order valence-electron chi connectivity index (χ0n) is 8.23. The van der Waals surface area contributed by atoms with Crippen LogP contribution in [-0.4, -0.2) is 22.8 Å². The molecule has 1 aliphatic carbocycles. The number of pyridine rings is 1. The van der Waals surface area contributed by atoms with Crippen molar-refractivity contribution in [3.05, 3.63) is 24.0 Å². The molecule has 1 aromatic heterocycles. The van der Waals surface area contributed by atoms with Crippen LogP contribution in [0.1, 0.15) is 29.6 Å². The summed E-state index contributed by atoms with van der Waals surface area (Å²) in [6.45, 7) is 0. The van der Waals surface area contributed by atoms with Crippen LogP contribution in [-0.2, 0) is 0 Å². The van der Waals surface area contributed by atoms with Crippen molar-refractivity contribution in [3.8, 4) is 5.75 Å². The number of halogens is 1. The quantitative estimate of drug-likeness (QED) is 0.586. The van der Waals surface area contributed by atoms with Gasteiger partial charge in [-0.05, 0) is 25.3 Å². The molecule has 3 nitrogen and oxygen atoms in total. The zero-order chi connectivity index (χ0) is 10.7. The molecule has 0 aromatic carbocycles. The molecule has 0 aliphatic heterocycles. The van der Waals surface area contributed by atoms with Crippen LogP contribution in [0.2, 0.25) is 0 Å². The van der Waals surface area contributed by atoms with E-state index < -0.39 is 0 Å². The van der Waals surface area contributed by atoms with Crippen LogP contribution in [0.25, 0.3) is 0 Å². The van der Waals surface area contributed by atoms with Gasteiger partial charge in [0.1, 0.15) is 11.9 Å². The lowest BCUT2D eigenvalue weighted by molar-refractivity contribution is 0.111. The zero-order valence-corrected chi connectivity index (χ0v) is 8.98. The molecule has 2 atom stereocenters. The van der Waals surface area contributed by atoms with Gasteiger partial charge in [0.15, 0.2) is 6.29 Å². The van der Waals surface area contributed by atoms with Crippen molar-refractivity contribution in [2.75, 3.05) is 0 Å². The number of hydrogen-bond donors (Lipinski definition) is 0. The molecule has 0 amide bonds. The van der Waals surface area contributed by atoms with Gasteiger partial charge in [0.05, 0.1) is 17.1 Å². The molecule has 2 rings (SSSR count). The normalized spacial score (nSPS) is 25.1. The van der Waals surface area contributed by atoms with Gasteiger partial charge >= 0.3 is 0 Å². The fraction of sp³-hybridized carbons (Fsp3) is 0.455. The van der Waals surface area contributed by atoms with E-state index in [4.69, 9.17) is 16.3 Å². The molecule has 1 saturated carbocycles. The van der Waals surface area contributed by atoms with Crippen LogP contribution in [0.15, 0.2) is 18.5 Å². The highest BCUT2D eigenvalue weighted by Crippen LogP contribution is 2.29. The molecule has 1 aliphatic rings. The highest BCUT2D eigenvalue weighted by molar-refractivity contribution is 6.21. The van der Waals surface area contributed by atoms with E-state index in [0.717, 1.165) is 25.5 Å². The van der Waals surface area contributed by atoms with E-state index in [1.807, 2.05) is 0 Å². The second-order valence-electron chi connectivity index (χ2n) is 3.63. The Hall–Kier alpha value is -1.09. The lowest BCUT2D eigenvalue weighted by atomic mass is 10.2. The Labute approximate surface area is 93.4 Å². The van der Waals surface area contributed by atoms with Crippen molar-refractivity contribution in [2.45, 2.75) is 30.7 Å². The van der Waals surface area contributed by atoms with Gasteiger partial charge in [0, 0.05) is 6.20 Å². The van der Waals surface area contributed by atoms with Gasteiger partial charge < -0.3 is 4.74 Å². The SMILES string of the molecule is O=Cc1ccncc1OC1CCCC1Cl. The molecule has 0 spiro atoms. The minimum Gasteiger partial charge on any atom is -0.487 e. The summed E-state index contributed by atoms with van der Waals surface area (Å²) in [5.74, 6) is 0.532. The first-order valence-electron chi connectivity index (χ1n) is 5.01. The monoisotopic (exact) mass is 225 g/mol. The fourth-order valence-electron chi connectivity index (χ4n) is 1.76. The average Bonchev–Trinajstić information content (AvgIpc) is 2.65. The lowest BCUT2D eigenvalue weighted by Gasteiger charge is -2.17. The number of alkyl halides is 1. The number of carbonyl (C=O) groups is 1. The maximum Gasteiger partial charge on any atom is 0.153 e. The van der Waals surface area contributed by atoms with Crippen LogP contribution >= 0.6 is 11.6 Å². The predicted octanol–water partition coefficient (Wildman–Crippen LogP) is 2.43. The number of aromatic nitrogens is 1. The highest BCUT2D eigenvalue weighted by Gasteiger charge is 2.27. The van der Waals surface area contributed by atoms with Gasteiger partial charge in [-0.1, -0.05) is 0 Å². The van der Waals surface area contributed by atoms with Gasteiger partial charge in [0.25, 0.3) is 0 Å². The second kappa shape index (κ2) is 4.62. The van der Waals surface area contributed by atoms with E-state index in [-0.39, 0.29) is 11.5 Å². The van der Waals surface area contributed by atoms with Gasteiger partial charge in [-0.2, -0.15) is 0 Å². The van der Waals surface area contributed by atoms with E-state index in [1.54, 1.807) is 18.5 Å². The summed E-state index contributed by atoms with van der Waals surface area (Å²) >= 11 is 6.09. The molecule has 0 saturated heterocycles. The van der Waals surface area contributed by atoms with Crippen molar-refractivity contribution in [1.29, 1.82) is 0 Å². The Kier molecular flexibility index (Phi) is 3.21. The smallest absolute Gasteiger partial charge is 0.153 e. The summed E-state index contributed by atoms with van der Waals surface area (Å²) < 4.78 is 5.68. The van der Waals surface area contributed by atoms with Crippen molar-refractivity contribution in [3.63, 3.8) is 0 Å². The molecule has 4 heteroatoms. The molecule has 0 bridgehead atoms. The Morgan fingerprint density at radius 2 is 2.40 bits per heavy atom. The number of ether oxygens (including phenoxy) is 1. The number of hydrogen-bond acceptors (Lipinski definition) is 3. The van der Waals surface area contributed by atoms with Crippen molar-refractivity contribution >= 4 is 17.9 Å². The Balaban J connectivity index is 2.12. The van der Waals surface area contributed by atoms with E-state index in [9.17, 15) is 4.79 Å². The molecule has 2 unspecified atom stereocenters. The van der Waals surface area contributed by atoms with Crippen LogP contribution in [0.5, 0.6) is 5.75 Å². The summed E-state index contributed by atoms with van der Waals surface area (Å²) in [5, 5.41) is 0.0460. The van der Waals surface area contributed by atoms with Gasteiger partial charge in [-0.25, -0.2) is 0 Å². The summed E-state index contributed by atoms with van der Waals surface area (Å²) in [6.07, 6.45) is 6.92. The average molecular weight is 226 g/mol. The van der Waals surface area contributed by atoms with Crippen LogP contribution in [0, 0.1) is 0 Å². The standard InChI is InChI=1S/C11H12ClNO2/c12-9-2-1-3-10(9)15-11-6-13-5-4-8(11)7-14/h4-7,9-10H,1-3H2. The van der Waals surface area contributed by atoms with Crippen LogP contribution < -0.4 is 4.74 Å². The minimum atomic E-state index is 0.00886. The minimum absolute atomic E-state index is 0.00886. The summed E-state index contributed by atoms with van der Waals surface area (Å²) in [6, 6.07) is 1.64. The summed E-state index contributed by atoms with van der Waals surface area (Å²) in [7, 11) is 0. The Morgan fingerprint density at radius 3 is 3.07 bits per heavy atom. The Morgan fingerprint density at radius 1 is 1.53 bits per heavy atom. The first kappa shape index (κ1) is 10.4. The molecular weight excluding hydrogens is 214 g/mol. The topological polar surface area (TPSA) is 39.2 Å². The number of aldehydes is 1. The number of rotatable bonds is 3. The van der Waals surface area contributed by atoms with E-state index in [2.05, 4.69) is 4.98 Å². The maximum atomic E-state index is 10.7. The molecule has 80 valence electrons. The lowest BCUT2D eigenvalue weighted by Crippen LogP contribution is -2.22. The molecule has 1 heterocycles. The first-order chi connectivity index (χ1) is 7.31. The number of carbonyl (C=O) groups excluding carboxylic acids is 1. The molecule has 0 radical (unpaired) electrons. The third kappa shape index (κ3) is 2.29. The Bertz CT molecular complexity index is 356. The van der Waals surface area contributed by atoms with Gasteiger partial charge in [0.2, 0.25) is 0 Å². The summed E-state index contributed by atoms with van der Waals surface area (Å²) in [5.41, 5.74) is 0.528. The second-order valence-corrected chi connectivity index (χ2v) is 4.20. The molecule has 0 N–H and O–H groups in total. The molecule has 15 heavy (non-hydrogen) atoms. The van der Waals surface area contributed by atoms with E-state index in [1.165, 1.54) is 0 Å². The van der Waals surface area contributed by atoms with Crippen molar-refractivity contribution in [1.82, 2.24) is 4.98 Å². The predicted molar refractivity (Wildman–Crippen MR) is 57.5 cm³/mol. The third-order valence-electron chi connectivity index (χ3n) is 2.59. The molecule has 1 fully saturated rings. The van der Waals surface area contributed by atoms with E-state index >= 15 is 0 Å². The van der Waals surface area contributed by atoms with Gasteiger partial charge in [-0.15, -0.1) is 11.6 Å². The van der Waals surface area contributed by atoms with Crippen LogP contribution in [0.4, 0.5) is 0 Å². The fourth-order valence-corrected chi connectivity index (χ4v) is 2.09. The maximum absolute atomic E-state index is 10.7. The largest absolute Gasteiger partial charge is 0.487 e. The molecule has 1 aromatic rings. The highest BCUT2D eigenvalue weighted by atomic mass is 35.5. The third-order valence-corrected chi connectivity index (χ3v) is 3.09. The summed E-state index contributed by atoms with van der Waals surface area (Å²) in [4.78, 5) is 14.7. The molecular formula is C11H12ClNO2.